The van der Waals surface area contributed by atoms with Crippen LogP contribution >= 0.6 is 0 Å². The highest BCUT2D eigenvalue weighted by Gasteiger charge is 2.30. The second-order valence-corrected chi connectivity index (χ2v) is 4.74. The molecule has 20 heavy (non-hydrogen) atoms. The molecule has 1 aromatic heterocycles. The van der Waals surface area contributed by atoms with E-state index in [4.69, 9.17) is 5.11 Å². The summed E-state index contributed by atoms with van der Waals surface area (Å²) in [6.07, 6.45) is 1.50. The van der Waals surface area contributed by atoms with Gasteiger partial charge in [-0.05, 0) is 5.56 Å². The molecule has 6 heteroatoms. The molecule has 6 nitrogen and oxygen atoms in total. The number of amides is 1. The number of aliphatic carboxylic acids is 1. The van der Waals surface area contributed by atoms with Gasteiger partial charge in [-0.1, -0.05) is 30.3 Å². The molecule has 2 aromatic rings. The van der Waals surface area contributed by atoms with Crippen molar-refractivity contribution in [2.75, 3.05) is 5.32 Å². The van der Waals surface area contributed by atoms with Crippen LogP contribution in [0.5, 0.6) is 0 Å². The zero-order valence-corrected chi connectivity index (χ0v) is 10.6. The number of rotatable bonds is 3. The van der Waals surface area contributed by atoms with Crippen molar-refractivity contribution in [3.05, 3.63) is 36.5 Å². The third-order valence-electron chi connectivity index (χ3n) is 3.35. The third kappa shape index (κ3) is 2.16. The Morgan fingerprint density at radius 3 is 2.85 bits per heavy atom. The highest BCUT2D eigenvalue weighted by Crippen LogP contribution is 2.31. The number of hydrogen-bond donors (Lipinski definition) is 2. The van der Waals surface area contributed by atoms with E-state index < -0.39 is 11.9 Å². The van der Waals surface area contributed by atoms with Crippen LogP contribution in [0, 0.1) is 5.92 Å². The van der Waals surface area contributed by atoms with E-state index in [1.807, 2.05) is 30.3 Å². The molecule has 0 spiro atoms. The molecule has 0 radical (unpaired) electrons. The molecule has 2 heterocycles. The van der Waals surface area contributed by atoms with Gasteiger partial charge in [0, 0.05) is 5.56 Å². The fourth-order valence-corrected chi connectivity index (χ4v) is 2.36. The first-order valence-electron chi connectivity index (χ1n) is 6.29. The van der Waals surface area contributed by atoms with E-state index in [0.717, 1.165) is 11.1 Å². The Morgan fingerprint density at radius 1 is 1.40 bits per heavy atom. The van der Waals surface area contributed by atoms with Crippen molar-refractivity contribution >= 4 is 17.7 Å². The largest absolute Gasteiger partial charge is 0.481 e. The molecule has 1 aliphatic heterocycles. The molecular formula is C14H13N3O3. The van der Waals surface area contributed by atoms with Crippen molar-refractivity contribution in [1.82, 2.24) is 9.78 Å². The monoisotopic (exact) mass is 271 g/mol. The summed E-state index contributed by atoms with van der Waals surface area (Å²) < 4.78 is 1.65. The Morgan fingerprint density at radius 2 is 2.15 bits per heavy atom. The number of hydrogen-bond acceptors (Lipinski definition) is 3. The van der Waals surface area contributed by atoms with Crippen LogP contribution in [0.15, 0.2) is 36.5 Å². The van der Waals surface area contributed by atoms with Crippen molar-refractivity contribution in [2.45, 2.75) is 13.0 Å². The number of anilines is 1. The number of fused-ring (bicyclic) bond motifs is 1. The predicted molar refractivity (Wildman–Crippen MR) is 72.0 cm³/mol. The zero-order valence-electron chi connectivity index (χ0n) is 10.6. The predicted octanol–water partition coefficient (Wildman–Crippen LogP) is 1.59. The highest BCUT2D eigenvalue weighted by atomic mass is 16.4. The molecule has 1 atom stereocenters. The quantitative estimate of drug-likeness (QED) is 0.888. The Balaban J connectivity index is 1.93. The van der Waals surface area contributed by atoms with Crippen LogP contribution in [-0.4, -0.2) is 26.8 Å². The standard InChI is InChI=1S/C14H13N3O3/c18-12(19)6-10-8-17-13(16-14(10)20)11(7-15-17)9-4-2-1-3-5-9/h1-5,7,10H,6,8H2,(H,16,20)(H,18,19)/t10-/m0/s1. The number of carbonyl (C=O) groups is 2. The molecule has 0 bridgehead atoms. The second kappa shape index (κ2) is 4.80. The van der Waals surface area contributed by atoms with Crippen LogP contribution in [0.4, 0.5) is 5.82 Å². The lowest BCUT2D eigenvalue weighted by atomic mass is 10.0. The summed E-state index contributed by atoms with van der Waals surface area (Å²) in [5.41, 5.74) is 1.80. The van der Waals surface area contributed by atoms with Crippen LogP contribution < -0.4 is 5.32 Å². The summed E-state index contributed by atoms with van der Waals surface area (Å²) >= 11 is 0. The molecular weight excluding hydrogens is 258 g/mol. The number of nitrogens with one attached hydrogen (secondary N) is 1. The minimum Gasteiger partial charge on any atom is -0.481 e. The zero-order chi connectivity index (χ0) is 14.1. The summed E-state index contributed by atoms with van der Waals surface area (Å²) in [6, 6.07) is 9.62. The lowest BCUT2D eigenvalue weighted by Crippen LogP contribution is -2.35. The minimum atomic E-state index is -0.982. The summed E-state index contributed by atoms with van der Waals surface area (Å²) in [5, 5.41) is 15.8. The minimum absolute atomic E-state index is 0.189. The van der Waals surface area contributed by atoms with Gasteiger partial charge in [0.2, 0.25) is 5.91 Å². The summed E-state index contributed by atoms with van der Waals surface area (Å²) in [4.78, 5) is 22.7. The van der Waals surface area contributed by atoms with Gasteiger partial charge in [0.15, 0.2) is 0 Å². The second-order valence-electron chi connectivity index (χ2n) is 4.74. The molecule has 1 aliphatic rings. The first-order chi connectivity index (χ1) is 9.65. The van der Waals surface area contributed by atoms with Gasteiger partial charge in [0.1, 0.15) is 5.82 Å². The van der Waals surface area contributed by atoms with Crippen LogP contribution in [0.3, 0.4) is 0 Å². The average Bonchev–Trinajstić information content (AvgIpc) is 2.82. The van der Waals surface area contributed by atoms with E-state index in [0.29, 0.717) is 12.4 Å². The van der Waals surface area contributed by atoms with Gasteiger partial charge in [0.05, 0.1) is 25.1 Å². The average molecular weight is 271 g/mol. The van der Waals surface area contributed by atoms with Gasteiger partial charge in [-0.2, -0.15) is 5.10 Å². The molecule has 0 saturated heterocycles. The maximum absolute atomic E-state index is 12.0. The van der Waals surface area contributed by atoms with Crippen molar-refractivity contribution in [3.8, 4) is 11.1 Å². The molecule has 1 aromatic carbocycles. The molecule has 1 amide bonds. The van der Waals surface area contributed by atoms with Gasteiger partial charge < -0.3 is 10.4 Å². The fourth-order valence-electron chi connectivity index (χ4n) is 2.36. The van der Waals surface area contributed by atoms with Crippen molar-refractivity contribution in [2.24, 2.45) is 5.92 Å². The smallest absolute Gasteiger partial charge is 0.304 e. The highest BCUT2D eigenvalue weighted by molar-refractivity contribution is 5.98. The van der Waals surface area contributed by atoms with Gasteiger partial charge >= 0.3 is 5.97 Å². The van der Waals surface area contributed by atoms with Crippen molar-refractivity contribution in [1.29, 1.82) is 0 Å². The molecule has 0 unspecified atom stereocenters. The van der Waals surface area contributed by atoms with Crippen LogP contribution in [0.25, 0.3) is 11.1 Å². The van der Waals surface area contributed by atoms with E-state index in [9.17, 15) is 9.59 Å². The first-order valence-corrected chi connectivity index (χ1v) is 6.29. The number of aromatic nitrogens is 2. The lowest BCUT2D eigenvalue weighted by molar-refractivity contribution is -0.140. The maximum Gasteiger partial charge on any atom is 0.304 e. The Hall–Kier alpha value is -2.63. The molecule has 2 N–H and O–H groups in total. The first kappa shape index (κ1) is 12.4. The third-order valence-corrected chi connectivity index (χ3v) is 3.35. The fraction of sp³-hybridized carbons (Fsp3) is 0.214. The number of carboxylic acids is 1. The molecule has 102 valence electrons. The van der Waals surface area contributed by atoms with E-state index >= 15 is 0 Å². The Bertz CT molecular complexity index is 664. The van der Waals surface area contributed by atoms with E-state index in [1.165, 1.54) is 0 Å². The lowest BCUT2D eigenvalue weighted by Gasteiger charge is -2.23. The van der Waals surface area contributed by atoms with Crippen molar-refractivity contribution < 1.29 is 14.7 Å². The SMILES string of the molecule is O=C(O)C[C@H]1Cn2ncc(-c3ccccc3)c2NC1=O. The van der Waals surface area contributed by atoms with Crippen LogP contribution in [0.2, 0.25) is 0 Å². The molecule has 3 rings (SSSR count). The summed E-state index contributed by atoms with van der Waals surface area (Å²) in [7, 11) is 0. The number of carboxylic acid groups (broad SMARTS) is 1. The van der Waals surface area contributed by atoms with E-state index in [-0.39, 0.29) is 12.3 Å². The van der Waals surface area contributed by atoms with E-state index in [2.05, 4.69) is 10.4 Å². The van der Waals surface area contributed by atoms with Crippen molar-refractivity contribution in [3.63, 3.8) is 0 Å². The summed E-state index contributed by atoms with van der Waals surface area (Å²) in [6.45, 7) is 0.292. The van der Waals surface area contributed by atoms with Gasteiger partial charge in [-0.25, -0.2) is 4.68 Å². The van der Waals surface area contributed by atoms with Crippen LogP contribution in [-0.2, 0) is 16.1 Å². The van der Waals surface area contributed by atoms with Crippen LogP contribution in [0.1, 0.15) is 6.42 Å². The Kier molecular flexibility index (Phi) is 2.98. The molecule has 0 aliphatic carbocycles. The number of carbonyl (C=O) groups excluding carboxylic acids is 1. The van der Waals surface area contributed by atoms with Gasteiger partial charge in [-0.3, -0.25) is 9.59 Å². The number of nitrogens with zero attached hydrogens (tertiary/aromatic N) is 2. The molecule has 0 saturated carbocycles. The molecule has 0 fully saturated rings. The topological polar surface area (TPSA) is 84.2 Å². The van der Waals surface area contributed by atoms with Gasteiger partial charge in [0.25, 0.3) is 0 Å². The van der Waals surface area contributed by atoms with Gasteiger partial charge in [-0.15, -0.1) is 0 Å². The van der Waals surface area contributed by atoms with E-state index in [1.54, 1.807) is 10.9 Å². The normalized spacial score (nSPS) is 17.4. The summed E-state index contributed by atoms with van der Waals surface area (Å²) in [5.74, 6) is -1.20. The maximum atomic E-state index is 12.0. The number of benzene rings is 1. The Labute approximate surface area is 115 Å².